The molecule has 11 heteroatoms. The molecular formula is C34H34Cl2N6O3. The normalized spacial score (nSPS) is 11.7. The molecule has 2 aromatic heterocycles. The number of pyridine rings is 2. The Balaban J connectivity index is 1.10. The van der Waals surface area contributed by atoms with Gasteiger partial charge in [-0.2, -0.15) is 0 Å². The molecule has 0 unspecified atom stereocenters. The van der Waals surface area contributed by atoms with Crippen molar-refractivity contribution in [2.75, 3.05) is 65.7 Å². The number of hydrogen-bond acceptors (Lipinski definition) is 9. The number of nitrogens with one attached hydrogen (secondary N) is 2. The molecule has 2 N–H and O–H groups in total. The van der Waals surface area contributed by atoms with E-state index < -0.39 is 0 Å². The van der Waals surface area contributed by atoms with Crippen LogP contribution in [0.2, 0.25) is 10.0 Å². The van der Waals surface area contributed by atoms with Crippen molar-refractivity contribution in [1.29, 1.82) is 0 Å². The molecule has 0 spiro atoms. The Bertz CT molecular complexity index is 2010. The van der Waals surface area contributed by atoms with Crippen LogP contribution in [-0.4, -0.2) is 74.9 Å². The summed E-state index contributed by atoms with van der Waals surface area (Å²) in [5, 5.41) is 12.3. The Morgan fingerprint density at radius 2 is 1.16 bits per heavy atom. The minimum atomic E-state index is 0.305. The van der Waals surface area contributed by atoms with Gasteiger partial charge >= 0.3 is 0 Å². The lowest BCUT2D eigenvalue weighted by molar-refractivity contribution is 0.0281. The number of halogens is 2. The molecule has 2 heterocycles. The van der Waals surface area contributed by atoms with Gasteiger partial charge in [-0.05, 0) is 86.9 Å². The minimum Gasteiger partial charge on any atom is -0.497 e. The van der Waals surface area contributed by atoms with Crippen LogP contribution in [0.5, 0.6) is 11.5 Å². The monoisotopic (exact) mass is 644 g/mol. The summed E-state index contributed by atoms with van der Waals surface area (Å²) < 4.78 is 17.0. The first-order valence-corrected chi connectivity index (χ1v) is 15.1. The molecule has 0 bridgehead atoms. The third-order valence-corrected chi connectivity index (χ3v) is 8.03. The van der Waals surface area contributed by atoms with Crippen LogP contribution in [0, 0.1) is 0 Å². The van der Waals surface area contributed by atoms with Crippen LogP contribution in [0.15, 0.2) is 72.8 Å². The number of benzene rings is 4. The maximum Gasteiger partial charge on any atom is 0.119 e. The second kappa shape index (κ2) is 13.5. The van der Waals surface area contributed by atoms with Gasteiger partial charge in [0.2, 0.25) is 0 Å². The summed E-state index contributed by atoms with van der Waals surface area (Å²) in [6.45, 7) is 1.99. The molecule has 0 saturated carbocycles. The zero-order chi connectivity index (χ0) is 31.5. The topological polar surface area (TPSA) is 84.0 Å². The number of anilines is 2. The van der Waals surface area contributed by atoms with Crippen molar-refractivity contribution >= 4 is 78.2 Å². The van der Waals surface area contributed by atoms with Crippen LogP contribution >= 0.6 is 23.2 Å². The van der Waals surface area contributed by atoms with Crippen LogP contribution in [0.4, 0.5) is 11.4 Å². The highest BCUT2D eigenvalue weighted by atomic mass is 35.5. The van der Waals surface area contributed by atoms with Crippen LogP contribution in [0.1, 0.15) is 0 Å². The molecule has 0 amide bonds. The van der Waals surface area contributed by atoms with E-state index in [-0.39, 0.29) is 0 Å². The van der Waals surface area contributed by atoms with E-state index >= 15 is 0 Å². The first-order valence-electron chi connectivity index (χ1n) is 14.4. The van der Waals surface area contributed by atoms with E-state index in [9.17, 15) is 0 Å². The summed E-state index contributed by atoms with van der Waals surface area (Å²) in [4.78, 5) is 13.9. The van der Waals surface area contributed by atoms with Crippen LogP contribution in [0.25, 0.3) is 43.6 Å². The zero-order valence-electron chi connectivity index (χ0n) is 25.5. The molecular weight excluding hydrogens is 611 g/mol. The van der Waals surface area contributed by atoms with E-state index in [1.807, 2.05) is 79.8 Å². The molecule has 6 aromatic rings. The third kappa shape index (κ3) is 6.78. The van der Waals surface area contributed by atoms with E-state index in [4.69, 9.17) is 47.4 Å². The maximum atomic E-state index is 6.29. The highest BCUT2D eigenvalue weighted by Crippen LogP contribution is 2.35. The van der Waals surface area contributed by atoms with Crippen molar-refractivity contribution in [2.45, 2.75) is 0 Å². The Kier molecular flexibility index (Phi) is 9.25. The molecule has 45 heavy (non-hydrogen) atoms. The number of aromatic nitrogens is 2. The summed E-state index contributed by atoms with van der Waals surface area (Å²) >= 11 is 12.6. The van der Waals surface area contributed by atoms with Gasteiger partial charge < -0.3 is 24.8 Å². The zero-order valence-corrected chi connectivity index (χ0v) is 27.0. The van der Waals surface area contributed by atoms with Crippen LogP contribution in [0.3, 0.4) is 0 Å². The second-order valence-corrected chi connectivity index (χ2v) is 11.8. The molecule has 0 radical (unpaired) electrons. The minimum absolute atomic E-state index is 0.305. The number of methoxy groups -OCH3 is 2. The maximum absolute atomic E-state index is 6.29. The van der Waals surface area contributed by atoms with Gasteiger partial charge in [0, 0.05) is 31.6 Å². The lowest BCUT2D eigenvalue weighted by atomic mass is 10.1. The average molecular weight is 646 g/mol. The summed E-state index contributed by atoms with van der Waals surface area (Å²) in [5.74, 6) is 1.53. The van der Waals surface area contributed by atoms with Gasteiger partial charge in [0.1, 0.15) is 25.0 Å². The molecule has 0 aliphatic rings. The Morgan fingerprint density at radius 3 is 1.69 bits per heavy atom. The quantitative estimate of drug-likeness (QED) is 0.0792. The van der Waals surface area contributed by atoms with E-state index in [2.05, 4.69) is 27.5 Å². The van der Waals surface area contributed by atoms with Crippen molar-refractivity contribution in [1.82, 2.24) is 19.8 Å². The number of rotatable bonds is 12. The van der Waals surface area contributed by atoms with E-state index in [1.165, 1.54) is 0 Å². The summed E-state index contributed by atoms with van der Waals surface area (Å²) in [6, 6.07) is 23.2. The second-order valence-electron chi connectivity index (χ2n) is 10.9. The van der Waals surface area contributed by atoms with Crippen molar-refractivity contribution in [3.63, 3.8) is 0 Å². The van der Waals surface area contributed by atoms with Crippen molar-refractivity contribution in [3.05, 3.63) is 82.8 Å². The Hall–Kier alpha value is -4.12. The standard InChI is InChI=1S/C34H34Cl2N6O3/c1-41(17-37-33-25-9-5-21(35)13-31(25)39-29-11-7-23(43-3)15-27(29)33)19-42(2)20-45-18-38-34-26-10-6-22(36)14-32(26)40-30-12-8-24(44-4)16-28(30)34/h5-16H,17-20H2,1-4H3,(H,37,39)(H,38,40). The number of fused-ring (bicyclic) bond motifs is 4. The lowest BCUT2D eigenvalue weighted by Crippen LogP contribution is -2.37. The molecule has 0 aliphatic carbocycles. The van der Waals surface area contributed by atoms with E-state index in [1.54, 1.807) is 14.2 Å². The fraction of sp³-hybridized carbons (Fsp3) is 0.235. The molecule has 0 atom stereocenters. The fourth-order valence-corrected chi connectivity index (χ4v) is 5.80. The van der Waals surface area contributed by atoms with E-state index in [0.29, 0.717) is 36.8 Å². The van der Waals surface area contributed by atoms with Gasteiger partial charge in [-0.25, -0.2) is 9.97 Å². The van der Waals surface area contributed by atoms with Gasteiger partial charge in [-0.3, -0.25) is 9.80 Å². The third-order valence-electron chi connectivity index (χ3n) is 7.56. The number of hydrogen-bond donors (Lipinski definition) is 2. The van der Waals surface area contributed by atoms with Gasteiger partial charge in [0.15, 0.2) is 0 Å². The van der Waals surface area contributed by atoms with Crippen molar-refractivity contribution in [3.8, 4) is 11.5 Å². The first-order chi connectivity index (χ1) is 21.8. The molecule has 232 valence electrons. The average Bonchev–Trinajstić information content (AvgIpc) is 3.03. The summed E-state index contributed by atoms with van der Waals surface area (Å²) in [5.41, 5.74) is 5.25. The van der Waals surface area contributed by atoms with Crippen LogP contribution < -0.4 is 20.1 Å². The highest BCUT2D eigenvalue weighted by Gasteiger charge is 2.14. The van der Waals surface area contributed by atoms with Gasteiger partial charge in [-0.1, -0.05) is 23.2 Å². The molecule has 0 saturated heterocycles. The molecule has 0 fully saturated rings. The van der Waals surface area contributed by atoms with E-state index in [0.717, 1.165) is 66.5 Å². The van der Waals surface area contributed by atoms with Crippen LogP contribution in [-0.2, 0) is 4.74 Å². The predicted molar refractivity (Wildman–Crippen MR) is 185 cm³/mol. The van der Waals surface area contributed by atoms with Gasteiger partial charge in [-0.15, -0.1) is 0 Å². The molecule has 4 aromatic carbocycles. The highest BCUT2D eigenvalue weighted by molar-refractivity contribution is 6.32. The Morgan fingerprint density at radius 1 is 0.622 bits per heavy atom. The molecule has 9 nitrogen and oxygen atoms in total. The van der Waals surface area contributed by atoms with Crippen molar-refractivity contribution in [2.24, 2.45) is 0 Å². The van der Waals surface area contributed by atoms with Gasteiger partial charge in [0.25, 0.3) is 0 Å². The molecule has 0 aliphatic heterocycles. The summed E-state index contributed by atoms with van der Waals surface area (Å²) in [6.07, 6.45) is 0. The Labute approximate surface area is 271 Å². The molecule has 6 rings (SSSR count). The van der Waals surface area contributed by atoms with Crippen molar-refractivity contribution < 1.29 is 14.2 Å². The lowest BCUT2D eigenvalue weighted by Gasteiger charge is -2.25. The largest absolute Gasteiger partial charge is 0.497 e. The smallest absolute Gasteiger partial charge is 0.119 e. The number of ether oxygens (including phenoxy) is 3. The number of nitrogens with zero attached hydrogens (tertiary/aromatic N) is 4. The van der Waals surface area contributed by atoms with Gasteiger partial charge in [0.05, 0.1) is 61.0 Å². The predicted octanol–water partition coefficient (Wildman–Crippen LogP) is 7.65. The fourth-order valence-electron chi connectivity index (χ4n) is 5.47. The summed E-state index contributed by atoms with van der Waals surface area (Å²) in [7, 11) is 7.39. The SMILES string of the molecule is COc1ccc2nc3cc(Cl)ccc3c(NCOCN(C)CN(C)CNc3c4ccc(Cl)cc4nc4ccc(OC)cc34)c2c1. The first kappa shape index (κ1) is 30.9.